The molecule has 3 N–H and O–H groups in total. The first-order valence-electron chi connectivity index (χ1n) is 3.85. The Balaban J connectivity index is 2.75. The Labute approximate surface area is 80.4 Å². The van der Waals surface area contributed by atoms with Crippen LogP contribution in [0.1, 0.15) is 29.3 Å². The van der Waals surface area contributed by atoms with Gasteiger partial charge in [0.2, 0.25) is 0 Å². The lowest BCUT2D eigenvalue weighted by Gasteiger charge is -2.14. The molecule has 0 spiro atoms. The third kappa shape index (κ3) is 3.12. The molecule has 0 aliphatic heterocycles. The van der Waals surface area contributed by atoms with Gasteiger partial charge < -0.3 is 10.8 Å². The molecule has 4 nitrogen and oxygen atoms in total. The van der Waals surface area contributed by atoms with Crippen molar-refractivity contribution in [2.45, 2.75) is 25.9 Å². The van der Waals surface area contributed by atoms with Crippen LogP contribution in [-0.2, 0) is 6.42 Å². The summed E-state index contributed by atoms with van der Waals surface area (Å²) in [5.74, 6) is -0.521. The molecule has 1 aromatic rings. The lowest BCUT2D eigenvalue weighted by Crippen LogP contribution is -2.22. The normalized spacial score (nSPS) is 11.6. The van der Waals surface area contributed by atoms with E-state index in [0.717, 1.165) is 0 Å². The number of aliphatic hydroxyl groups is 1. The molecule has 0 saturated heterocycles. The minimum atomic E-state index is -0.803. The summed E-state index contributed by atoms with van der Waals surface area (Å²) in [6.45, 7) is 3.38. The second kappa shape index (κ2) is 3.43. The van der Waals surface area contributed by atoms with E-state index in [1.165, 1.54) is 11.3 Å². The number of thiazole rings is 1. The Kier molecular flexibility index (Phi) is 2.68. The van der Waals surface area contributed by atoms with Crippen molar-refractivity contribution < 1.29 is 9.90 Å². The molecule has 1 amide bonds. The van der Waals surface area contributed by atoms with Gasteiger partial charge in [0.15, 0.2) is 5.01 Å². The second-order valence-electron chi connectivity index (χ2n) is 3.50. The van der Waals surface area contributed by atoms with E-state index in [1.54, 1.807) is 19.2 Å². The smallest absolute Gasteiger partial charge is 0.277 e. The topological polar surface area (TPSA) is 76.2 Å². The quantitative estimate of drug-likeness (QED) is 0.748. The number of nitrogens with two attached hydrogens (primary N) is 1. The van der Waals surface area contributed by atoms with Crippen LogP contribution in [0.15, 0.2) is 5.38 Å². The van der Waals surface area contributed by atoms with Gasteiger partial charge in [0.1, 0.15) is 0 Å². The summed E-state index contributed by atoms with van der Waals surface area (Å²) in [6, 6.07) is 0. The minimum absolute atomic E-state index is 0.291. The van der Waals surface area contributed by atoms with Crippen LogP contribution >= 0.6 is 11.3 Å². The maximum absolute atomic E-state index is 10.7. The Morgan fingerprint density at radius 2 is 2.38 bits per heavy atom. The van der Waals surface area contributed by atoms with E-state index in [4.69, 9.17) is 5.73 Å². The molecule has 1 rings (SSSR count). The third-order valence-electron chi connectivity index (χ3n) is 1.38. The fraction of sp³-hybridized carbons (Fsp3) is 0.500. The molecule has 1 heterocycles. The molecule has 0 saturated carbocycles. The second-order valence-corrected chi connectivity index (χ2v) is 4.36. The molecule has 0 fully saturated rings. The van der Waals surface area contributed by atoms with E-state index in [0.29, 0.717) is 17.1 Å². The molecule has 0 atom stereocenters. The highest BCUT2D eigenvalue weighted by Crippen LogP contribution is 2.15. The summed E-state index contributed by atoms with van der Waals surface area (Å²) in [4.78, 5) is 14.7. The molecule has 0 aliphatic rings. The number of aromatic nitrogens is 1. The van der Waals surface area contributed by atoms with Crippen LogP contribution < -0.4 is 5.73 Å². The molecule has 0 bridgehead atoms. The molecular formula is C8H12N2O2S. The SMILES string of the molecule is CC(C)(O)Cc1csc(C(N)=O)n1. The molecule has 0 unspecified atom stereocenters. The summed E-state index contributed by atoms with van der Waals surface area (Å²) in [5.41, 5.74) is 4.94. The Hall–Kier alpha value is -0.940. The van der Waals surface area contributed by atoms with E-state index >= 15 is 0 Å². The van der Waals surface area contributed by atoms with Gasteiger partial charge in [0.05, 0.1) is 11.3 Å². The number of rotatable bonds is 3. The molecule has 13 heavy (non-hydrogen) atoms. The Morgan fingerprint density at radius 3 is 2.77 bits per heavy atom. The van der Waals surface area contributed by atoms with Crippen molar-refractivity contribution in [3.63, 3.8) is 0 Å². The number of primary amides is 1. The van der Waals surface area contributed by atoms with Crippen molar-refractivity contribution in [2.24, 2.45) is 5.73 Å². The maximum Gasteiger partial charge on any atom is 0.277 e. The maximum atomic E-state index is 10.7. The zero-order chi connectivity index (χ0) is 10.1. The lowest BCUT2D eigenvalue weighted by atomic mass is 10.0. The average molecular weight is 200 g/mol. The summed E-state index contributed by atoms with van der Waals surface area (Å²) >= 11 is 1.20. The van der Waals surface area contributed by atoms with Crippen molar-refractivity contribution in [3.05, 3.63) is 16.1 Å². The molecule has 0 aliphatic carbocycles. The molecule has 0 radical (unpaired) electrons. The molecule has 0 aromatic carbocycles. The van der Waals surface area contributed by atoms with Crippen molar-refractivity contribution in [2.75, 3.05) is 0 Å². The molecule has 72 valence electrons. The highest BCUT2D eigenvalue weighted by molar-refractivity contribution is 7.11. The lowest BCUT2D eigenvalue weighted by molar-refractivity contribution is 0.0798. The predicted molar refractivity (Wildman–Crippen MR) is 50.6 cm³/mol. The highest BCUT2D eigenvalue weighted by atomic mass is 32.1. The standard InChI is InChI=1S/C8H12N2O2S/c1-8(2,12)3-5-4-13-7(10-5)6(9)11/h4,12H,3H2,1-2H3,(H2,9,11). The molecule has 1 aromatic heterocycles. The number of amides is 1. The number of carbonyl (C=O) groups is 1. The van der Waals surface area contributed by atoms with E-state index in [2.05, 4.69) is 4.98 Å². The van der Waals surface area contributed by atoms with Crippen molar-refractivity contribution >= 4 is 17.2 Å². The highest BCUT2D eigenvalue weighted by Gasteiger charge is 2.16. The van der Waals surface area contributed by atoms with Gasteiger partial charge in [-0.15, -0.1) is 11.3 Å². The Morgan fingerprint density at radius 1 is 1.77 bits per heavy atom. The van der Waals surface area contributed by atoms with Crippen molar-refractivity contribution in [1.29, 1.82) is 0 Å². The van der Waals surface area contributed by atoms with Gasteiger partial charge in [-0.1, -0.05) is 0 Å². The van der Waals surface area contributed by atoms with Crippen LogP contribution in [0.25, 0.3) is 0 Å². The average Bonchev–Trinajstić information content (AvgIpc) is 2.31. The van der Waals surface area contributed by atoms with Crippen LogP contribution in [0.5, 0.6) is 0 Å². The summed E-state index contributed by atoms with van der Waals surface area (Å²) in [5, 5.41) is 11.5. The van der Waals surface area contributed by atoms with Gasteiger partial charge in [0.25, 0.3) is 5.91 Å². The van der Waals surface area contributed by atoms with Gasteiger partial charge in [0, 0.05) is 11.8 Å². The van der Waals surface area contributed by atoms with Gasteiger partial charge in [-0.2, -0.15) is 0 Å². The van der Waals surface area contributed by atoms with Crippen LogP contribution in [0.4, 0.5) is 0 Å². The van der Waals surface area contributed by atoms with E-state index in [-0.39, 0.29) is 0 Å². The first kappa shape index (κ1) is 10.1. The fourth-order valence-electron chi connectivity index (χ4n) is 0.945. The number of hydrogen-bond acceptors (Lipinski definition) is 4. The van der Waals surface area contributed by atoms with Crippen LogP contribution in [0.3, 0.4) is 0 Å². The third-order valence-corrected chi connectivity index (χ3v) is 2.28. The zero-order valence-corrected chi connectivity index (χ0v) is 8.39. The molecular weight excluding hydrogens is 188 g/mol. The van der Waals surface area contributed by atoms with Gasteiger partial charge in [-0.25, -0.2) is 4.98 Å². The number of nitrogens with zero attached hydrogens (tertiary/aromatic N) is 1. The zero-order valence-electron chi connectivity index (χ0n) is 7.57. The monoisotopic (exact) mass is 200 g/mol. The van der Waals surface area contributed by atoms with Crippen LogP contribution in [0, 0.1) is 0 Å². The number of hydrogen-bond donors (Lipinski definition) is 2. The summed E-state index contributed by atoms with van der Waals surface area (Å²) in [6.07, 6.45) is 0.427. The number of carbonyl (C=O) groups excluding carboxylic acids is 1. The molecule has 5 heteroatoms. The predicted octanol–water partition coefficient (Wildman–Crippen LogP) is 0.555. The van der Waals surface area contributed by atoms with Crippen molar-refractivity contribution in [1.82, 2.24) is 4.98 Å². The first-order chi connectivity index (χ1) is 5.88. The first-order valence-corrected chi connectivity index (χ1v) is 4.73. The van der Waals surface area contributed by atoms with E-state index in [1.807, 2.05) is 0 Å². The van der Waals surface area contributed by atoms with Gasteiger partial charge in [-0.05, 0) is 13.8 Å². The van der Waals surface area contributed by atoms with Gasteiger partial charge in [-0.3, -0.25) is 4.79 Å². The summed E-state index contributed by atoms with van der Waals surface area (Å²) < 4.78 is 0. The largest absolute Gasteiger partial charge is 0.390 e. The van der Waals surface area contributed by atoms with E-state index in [9.17, 15) is 9.90 Å². The Bertz CT molecular complexity index is 314. The fourth-order valence-corrected chi connectivity index (χ4v) is 1.61. The summed E-state index contributed by atoms with van der Waals surface area (Å²) in [7, 11) is 0. The van der Waals surface area contributed by atoms with Crippen LogP contribution in [-0.4, -0.2) is 21.6 Å². The van der Waals surface area contributed by atoms with E-state index < -0.39 is 11.5 Å². The van der Waals surface area contributed by atoms with Crippen molar-refractivity contribution in [3.8, 4) is 0 Å². The van der Waals surface area contributed by atoms with Crippen LogP contribution in [0.2, 0.25) is 0 Å². The van der Waals surface area contributed by atoms with Gasteiger partial charge >= 0.3 is 0 Å². The minimum Gasteiger partial charge on any atom is -0.390 e.